The predicted molar refractivity (Wildman–Crippen MR) is 103 cm³/mol. The molecule has 2 aromatic rings. The lowest BCUT2D eigenvalue weighted by Crippen LogP contribution is -2.56. The number of aromatic nitrogens is 1. The molecular weight excluding hydrogens is 347 g/mol. The van der Waals surface area contributed by atoms with Crippen LogP contribution in [0.2, 0.25) is 0 Å². The molecule has 1 aliphatic heterocycles. The summed E-state index contributed by atoms with van der Waals surface area (Å²) in [6, 6.07) is 10.7. The maximum Gasteiger partial charge on any atom is 0.318 e. The van der Waals surface area contributed by atoms with E-state index in [2.05, 4.69) is 15.2 Å². The van der Waals surface area contributed by atoms with Crippen molar-refractivity contribution < 1.29 is 13.9 Å². The third-order valence-corrected chi connectivity index (χ3v) is 4.89. The average molecular weight is 372 g/mol. The highest BCUT2D eigenvalue weighted by molar-refractivity contribution is 5.75. The Balaban J connectivity index is 1.60. The molecule has 1 aromatic carbocycles. The van der Waals surface area contributed by atoms with Gasteiger partial charge in [0.25, 0.3) is 0 Å². The van der Waals surface area contributed by atoms with Crippen molar-refractivity contribution in [2.75, 3.05) is 31.6 Å². The monoisotopic (exact) mass is 372 g/mol. The van der Waals surface area contributed by atoms with Crippen LogP contribution in [-0.2, 0) is 0 Å². The summed E-state index contributed by atoms with van der Waals surface area (Å²) in [5, 5.41) is 3.04. The molecule has 2 amide bonds. The molecule has 144 valence electrons. The van der Waals surface area contributed by atoms with Gasteiger partial charge in [0.15, 0.2) is 0 Å². The van der Waals surface area contributed by atoms with Crippen molar-refractivity contribution in [2.24, 2.45) is 0 Å². The molecule has 1 saturated heterocycles. The highest BCUT2D eigenvalue weighted by Crippen LogP contribution is 2.22. The first-order chi connectivity index (χ1) is 13.0. The molecule has 7 heteroatoms. The van der Waals surface area contributed by atoms with Crippen LogP contribution >= 0.6 is 0 Å². The third kappa shape index (κ3) is 4.48. The van der Waals surface area contributed by atoms with E-state index in [9.17, 15) is 9.18 Å². The normalized spacial score (nSPS) is 18.1. The van der Waals surface area contributed by atoms with Crippen molar-refractivity contribution in [3.63, 3.8) is 0 Å². The minimum absolute atomic E-state index is 0.0819. The standard InChI is InChI=1S/C20H25FN4O2/c1-14-13-24(9-10-25(14)17-7-8-22-19(21)12-17)20(26)23-15(2)16-5-4-6-18(11-16)27-3/h4-8,11-12,14-15H,9-10,13H2,1-3H3,(H,23,26)/t14-,15+/m0/s1. The Morgan fingerprint density at radius 2 is 2.15 bits per heavy atom. The number of piperazine rings is 1. The molecule has 0 spiro atoms. The second-order valence-corrected chi connectivity index (χ2v) is 6.77. The lowest BCUT2D eigenvalue weighted by molar-refractivity contribution is 0.183. The van der Waals surface area contributed by atoms with Crippen LogP contribution in [0.1, 0.15) is 25.5 Å². The molecule has 2 atom stereocenters. The van der Waals surface area contributed by atoms with Gasteiger partial charge in [-0.1, -0.05) is 12.1 Å². The first kappa shape index (κ1) is 18.9. The number of carbonyl (C=O) groups is 1. The van der Waals surface area contributed by atoms with E-state index in [-0.39, 0.29) is 18.1 Å². The van der Waals surface area contributed by atoms with Gasteiger partial charge in [-0.25, -0.2) is 9.78 Å². The summed E-state index contributed by atoms with van der Waals surface area (Å²) >= 11 is 0. The Bertz CT molecular complexity index is 801. The molecule has 1 fully saturated rings. The zero-order valence-electron chi connectivity index (χ0n) is 15.9. The van der Waals surface area contributed by atoms with Gasteiger partial charge in [0, 0.05) is 43.6 Å². The topological polar surface area (TPSA) is 57.7 Å². The van der Waals surface area contributed by atoms with Gasteiger partial charge < -0.3 is 19.9 Å². The molecule has 0 bridgehead atoms. The average Bonchev–Trinajstić information content (AvgIpc) is 2.67. The first-order valence-electron chi connectivity index (χ1n) is 9.05. The van der Waals surface area contributed by atoms with Crippen LogP contribution in [0.15, 0.2) is 42.6 Å². The zero-order valence-corrected chi connectivity index (χ0v) is 15.9. The van der Waals surface area contributed by atoms with Gasteiger partial charge in [0.1, 0.15) is 5.75 Å². The summed E-state index contributed by atoms with van der Waals surface area (Å²) in [7, 11) is 1.62. The van der Waals surface area contributed by atoms with E-state index < -0.39 is 5.95 Å². The Hall–Kier alpha value is -2.83. The van der Waals surface area contributed by atoms with Gasteiger partial charge in [0.2, 0.25) is 5.95 Å². The summed E-state index contributed by atoms with van der Waals surface area (Å²) in [5.74, 6) is 0.271. The minimum atomic E-state index is -0.494. The SMILES string of the molecule is COc1cccc([C@@H](C)NC(=O)N2CCN(c3ccnc(F)c3)[C@@H](C)C2)c1. The summed E-state index contributed by atoms with van der Waals surface area (Å²) in [5.41, 5.74) is 1.78. The fourth-order valence-corrected chi connectivity index (χ4v) is 3.37. The molecule has 0 radical (unpaired) electrons. The summed E-state index contributed by atoms with van der Waals surface area (Å²) in [6.45, 7) is 5.77. The van der Waals surface area contributed by atoms with Gasteiger partial charge in [-0.2, -0.15) is 4.39 Å². The van der Waals surface area contributed by atoms with E-state index in [1.807, 2.05) is 38.1 Å². The van der Waals surface area contributed by atoms with E-state index in [1.54, 1.807) is 18.1 Å². The largest absolute Gasteiger partial charge is 0.497 e. The van der Waals surface area contributed by atoms with Crippen LogP contribution in [-0.4, -0.2) is 48.7 Å². The highest BCUT2D eigenvalue weighted by atomic mass is 19.1. The Morgan fingerprint density at radius 3 is 2.85 bits per heavy atom. The van der Waals surface area contributed by atoms with E-state index in [1.165, 1.54) is 12.3 Å². The fourth-order valence-electron chi connectivity index (χ4n) is 3.37. The lowest BCUT2D eigenvalue weighted by Gasteiger charge is -2.41. The van der Waals surface area contributed by atoms with Gasteiger partial charge in [-0.15, -0.1) is 0 Å². The number of hydrogen-bond donors (Lipinski definition) is 1. The summed E-state index contributed by atoms with van der Waals surface area (Å²) < 4.78 is 18.6. The second kappa shape index (κ2) is 8.24. The maximum atomic E-state index is 13.4. The Labute approximate surface area is 158 Å². The number of halogens is 1. The summed E-state index contributed by atoms with van der Waals surface area (Å²) in [6.07, 6.45) is 1.46. The number of pyridine rings is 1. The first-order valence-corrected chi connectivity index (χ1v) is 9.05. The molecule has 1 aromatic heterocycles. The maximum absolute atomic E-state index is 13.4. The van der Waals surface area contributed by atoms with Crippen LogP contribution < -0.4 is 15.0 Å². The molecule has 27 heavy (non-hydrogen) atoms. The highest BCUT2D eigenvalue weighted by Gasteiger charge is 2.27. The van der Waals surface area contributed by atoms with Crippen molar-refractivity contribution in [3.05, 3.63) is 54.1 Å². The number of nitrogens with one attached hydrogen (secondary N) is 1. The number of carbonyl (C=O) groups excluding carboxylic acids is 1. The number of anilines is 1. The molecule has 0 unspecified atom stereocenters. The van der Waals surface area contributed by atoms with E-state index in [0.29, 0.717) is 19.6 Å². The predicted octanol–water partition coefficient (Wildman–Crippen LogP) is 3.21. The van der Waals surface area contributed by atoms with E-state index >= 15 is 0 Å². The molecule has 3 rings (SSSR count). The van der Waals surface area contributed by atoms with E-state index in [4.69, 9.17) is 4.74 Å². The van der Waals surface area contributed by atoms with Gasteiger partial charge >= 0.3 is 6.03 Å². The number of urea groups is 1. The molecule has 2 heterocycles. The summed E-state index contributed by atoms with van der Waals surface area (Å²) in [4.78, 5) is 20.2. The zero-order chi connectivity index (χ0) is 19.4. The molecule has 1 aliphatic rings. The minimum Gasteiger partial charge on any atom is -0.497 e. The number of methoxy groups -OCH3 is 1. The number of ether oxygens (including phenoxy) is 1. The van der Waals surface area contributed by atoms with Crippen molar-refractivity contribution in [2.45, 2.75) is 25.9 Å². The number of nitrogens with zero attached hydrogens (tertiary/aromatic N) is 3. The van der Waals surface area contributed by atoms with Gasteiger partial charge in [0.05, 0.1) is 13.2 Å². The fraction of sp³-hybridized carbons (Fsp3) is 0.400. The smallest absolute Gasteiger partial charge is 0.318 e. The quantitative estimate of drug-likeness (QED) is 0.838. The van der Waals surface area contributed by atoms with Gasteiger partial charge in [-0.3, -0.25) is 0 Å². The molecular formula is C20H25FN4O2. The van der Waals surface area contributed by atoms with Crippen LogP contribution in [0, 0.1) is 5.95 Å². The number of rotatable bonds is 4. The van der Waals surface area contributed by atoms with Crippen LogP contribution in [0.3, 0.4) is 0 Å². The number of amides is 2. The van der Waals surface area contributed by atoms with Gasteiger partial charge in [-0.05, 0) is 37.6 Å². The number of hydrogen-bond acceptors (Lipinski definition) is 4. The van der Waals surface area contributed by atoms with Crippen LogP contribution in [0.25, 0.3) is 0 Å². The van der Waals surface area contributed by atoms with Crippen molar-refractivity contribution in [3.8, 4) is 5.75 Å². The molecule has 1 N–H and O–H groups in total. The molecule has 0 saturated carbocycles. The Kier molecular flexibility index (Phi) is 5.78. The van der Waals surface area contributed by atoms with E-state index in [0.717, 1.165) is 17.0 Å². The van der Waals surface area contributed by atoms with Crippen LogP contribution in [0.5, 0.6) is 5.75 Å². The third-order valence-electron chi connectivity index (χ3n) is 4.89. The second-order valence-electron chi connectivity index (χ2n) is 6.77. The molecule has 6 nitrogen and oxygen atoms in total. The van der Waals surface area contributed by atoms with Crippen molar-refractivity contribution in [1.82, 2.24) is 15.2 Å². The Morgan fingerprint density at radius 1 is 1.33 bits per heavy atom. The molecule has 0 aliphatic carbocycles. The van der Waals surface area contributed by atoms with Crippen LogP contribution in [0.4, 0.5) is 14.9 Å². The van der Waals surface area contributed by atoms with Crippen molar-refractivity contribution >= 4 is 11.7 Å². The lowest BCUT2D eigenvalue weighted by atomic mass is 10.1. The number of benzene rings is 1. The van der Waals surface area contributed by atoms with Crippen molar-refractivity contribution in [1.29, 1.82) is 0 Å².